The van der Waals surface area contributed by atoms with E-state index in [0.717, 1.165) is 0 Å². The molecule has 0 atom stereocenters. The quantitative estimate of drug-likeness (QED) is 0.511. The van der Waals surface area contributed by atoms with Crippen LogP contribution in [0.25, 0.3) is 0 Å². The van der Waals surface area contributed by atoms with Crippen molar-refractivity contribution in [1.82, 2.24) is 0 Å². The van der Waals surface area contributed by atoms with E-state index in [0.29, 0.717) is 6.25 Å². The van der Waals surface area contributed by atoms with Gasteiger partial charge in [0.05, 0.1) is 0 Å². The van der Waals surface area contributed by atoms with E-state index in [2.05, 4.69) is 41.5 Å². The van der Waals surface area contributed by atoms with E-state index in [4.69, 9.17) is 0 Å². The van der Waals surface area contributed by atoms with Crippen molar-refractivity contribution in [3.63, 3.8) is 0 Å². The van der Waals surface area contributed by atoms with Gasteiger partial charge in [-0.2, -0.15) is 0 Å². The van der Waals surface area contributed by atoms with Crippen molar-refractivity contribution in [2.45, 2.75) is 83.5 Å². The van der Waals surface area contributed by atoms with Gasteiger partial charge in [-0.1, -0.05) is 0 Å². The van der Waals surface area contributed by atoms with E-state index in [9.17, 15) is 0 Å². The topological polar surface area (TPSA) is 0 Å². The first-order chi connectivity index (χ1) is 6.73. The number of hydrogen-bond acceptors (Lipinski definition) is 0. The van der Waals surface area contributed by atoms with Crippen LogP contribution in [0.2, 0.25) is 9.87 Å². The maximum atomic E-state index is 2.52. The zero-order valence-electron chi connectivity index (χ0n) is 11.6. The first-order valence-corrected chi connectivity index (χ1v) is 12.0. The third kappa shape index (κ3) is 3.99. The molecule has 0 radical (unpaired) electrons. The SMILES string of the molecule is C[C](C)(C)[Bi]([CH]1CCCCC1)[C](C)(C)C. The summed E-state index contributed by atoms with van der Waals surface area (Å²) in [5.41, 5.74) is 0. The van der Waals surface area contributed by atoms with Gasteiger partial charge >= 0.3 is 105 Å². The molecule has 90 valence electrons. The third-order valence-corrected chi connectivity index (χ3v) is 19.5. The summed E-state index contributed by atoms with van der Waals surface area (Å²) in [5.74, 6) is 0. The van der Waals surface area contributed by atoms with Crippen LogP contribution in [0.1, 0.15) is 73.6 Å². The molecule has 0 saturated heterocycles. The van der Waals surface area contributed by atoms with Crippen molar-refractivity contribution >= 4 is 21.8 Å². The predicted octanol–water partition coefficient (Wildman–Crippen LogP) is 5.42. The van der Waals surface area contributed by atoms with E-state index < -0.39 is 21.8 Å². The van der Waals surface area contributed by atoms with Crippen LogP contribution < -0.4 is 0 Å². The maximum absolute atomic E-state index is 2.52. The summed E-state index contributed by atoms with van der Waals surface area (Å²) in [5, 5.41) is 0. The number of rotatable bonds is 1. The van der Waals surface area contributed by atoms with Gasteiger partial charge in [0.15, 0.2) is 0 Å². The molecular weight excluding hydrogens is 377 g/mol. The van der Waals surface area contributed by atoms with Crippen molar-refractivity contribution in [2.75, 3.05) is 0 Å². The second kappa shape index (κ2) is 5.03. The van der Waals surface area contributed by atoms with Gasteiger partial charge in [-0.05, 0) is 0 Å². The van der Waals surface area contributed by atoms with Gasteiger partial charge in [0.25, 0.3) is 0 Å². The molecule has 0 bridgehead atoms. The zero-order chi connectivity index (χ0) is 11.7. The van der Waals surface area contributed by atoms with Gasteiger partial charge in [0, 0.05) is 0 Å². The Labute approximate surface area is 105 Å². The molecule has 1 saturated carbocycles. The average Bonchev–Trinajstić information content (AvgIpc) is 2.00. The first-order valence-electron chi connectivity index (χ1n) is 6.52. The first kappa shape index (κ1) is 13.9. The summed E-state index contributed by atoms with van der Waals surface area (Å²) >= 11 is -1.42. The van der Waals surface area contributed by atoms with E-state index in [1.54, 1.807) is 12.8 Å². The Morgan fingerprint density at radius 3 is 1.47 bits per heavy atom. The Bertz CT molecular complexity index is 174. The molecule has 0 nitrogen and oxygen atoms in total. The summed E-state index contributed by atoms with van der Waals surface area (Å²) in [6.07, 6.45) is 7.66. The fourth-order valence-electron chi connectivity index (χ4n) is 3.44. The van der Waals surface area contributed by atoms with Gasteiger partial charge in [-0.3, -0.25) is 0 Å². The minimum atomic E-state index is -1.42. The molecule has 0 heterocycles. The Balaban J connectivity index is 2.80. The molecule has 1 heteroatoms. The van der Waals surface area contributed by atoms with Gasteiger partial charge in [-0.15, -0.1) is 0 Å². The summed E-state index contributed by atoms with van der Waals surface area (Å²) in [6.45, 7) is 15.1. The Morgan fingerprint density at radius 1 is 0.733 bits per heavy atom. The van der Waals surface area contributed by atoms with Crippen molar-refractivity contribution in [3.8, 4) is 0 Å². The van der Waals surface area contributed by atoms with E-state index in [1.165, 1.54) is 22.9 Å². The van der Waals surface area contributed by atoms with Crippen molar-refractivity contribution in [2.24, 2.45) is 0 Å². The molecule has 0 spiro atoms. The molecule has 0 N–H and O–H groups in total. The molecule has 0 amide bonds. The van der Waals surface area contributed by atoms with Crippen LogP contribution >= 0.6 is 0 Å². The molecule has 0 aromatic carbocycles. The van der Waals surface area contributed by atoms with Crippen LogP contribution in [-0.2, 0) is 0 Å². The van der Waals surface area contributed by atoms with Gasteiger partial charge in [0.1, 0.15) is 0 Å². The second-order valence-corrected chi connectivity index (χ2v) is 23.2. The Morgan fingerprint density at radius 2 is 1.13 bits per heavy atom. The second-order valence-electron chi connectivity index (χ2n) is 7.00. The van der Waals surface area contributed by atoms with Crippen LogP contribution in [0, 0.1) is 0 Å². The monoisotopic (exact) mass is 406 g/mol. The molecule has 1 aliphatic rings. The fraction of sp³-hybridized carbons (Fsp3) is 1.00. The molecule has 0 unspecified atom stereocenters. The summed E-state index contributed by atoms with van der Waals surface area (Å²) < 4.78 is 2.50. The predicted molar refractivity (Wildman–Crippen MR) is 72.0 cm³/mol. The molecule has 1 rings (SSSR count). The standard InChI is InChI=1S/C6H11.2C4H9.Bi/c1-2-4-6-5-3-1;2*1-4(2)3;/h1H,2-6H2;2*1-3H3;. The zero-order valence-corrected chi connectivity index (χ0v) is 15.0. The van der Waals surface area contributed by atoms with Gasteiger partial charge < -0.3 is 0 Å². The van der Waals surface area contributed by atoms with Crippen LogP contribution in [0.3, 0.4) is 0 Å². The average molecular weight is 406 g/mol. The molecule has 0 aliphatic heterocycles. The minimum absolute atomic E-state index is 0.662. The van der Waals surface area contributed by atoms with Crippen molar-refractivity contribution < 1.29 is 0 Å². The Hall–Kier alpha value is 0.883. The molecule has 0 aromatic rings. The normalized spacial score (nSPS) is 21.0. The van der Waals surface area contributed by atoms with E-state index >= 15 is 0 Å². The number of hydrogen-bond donors (Lipinski definition) is 0. The molecule has 0 aromatic heterocycles. The molecule has 1 fully saturated rings. The summed E-state index contributed by atoms with van der Waals surface area (Å²) in [4.78, 5) is 0. The van der Waals surface area contributed by atoms with Gasteiger partial charge in [-0.25, -0.2) is 0 Å². The fourth-order valence-corrected chi connectivity index (χ4v) is 23.2. The molecular formula is C14H29Bi. The van der Waals surface area contributed by atoms with E-state index in [1.807, 2.05) is 0 Å². The van der Waals surface area contributed by atoms with Crippen LogP contribution in [0.4, 0.5) is 0 Å². The van der Waals surface area contributed by atoms with Crippen LogP contribution in [0.15, 0.2) is 0 Å². The summed E-state index contributed by atoms with van der Waals surface area (Å²) in [7, 11) is 0. The van der Waals surface area contributed by atoms with Crippen molar-refractivity contribution in [1.29, 1.82) is 0 Å². The molecule has 1 aliphatic carbocycles. The van der Waals surface area contributed by atoms with E-state index in [-0.39, 0.29) is 0 Å². The van der Waals surface area contributed by atoms with Crippen molar-refractivity contribution in [3.05, 3.63) is 0 Å². The third-order valence-electron chi connectivity index (χ3n) is 3.39. The summed E-state index contributed by atoms with van der Waals surface area (Å²) in [6, 6.07) is 0. The van der Waals surface area contributed by atoms with Crippen LogP contribution in [0.5, 0.6) is 0 Å². The Kier molecular flexibility index (Phi) is 4.68. The molecule has 15 heavy (non-hydrogen) atoms. The van der Waals surface area contributed by atoms with Gasteiger partial charge in [0.2, 0.25) is 0 Å². The van der Waals surface area contributed by atoms with Crippen LogP contribution in [-0.4, -0.2) is 21.8 Å².